The normalized spacial score (nSPS) is 40.1. The number of carboxylic acids is 1. The van der Waals surface area contributed by atoms with Gasteiger partial charge in [-0.2, -0.15) is 0 Å². The first-order valence-corrected chi connectivity index (χ1v) is 6.64. The Morgan fingerprint density at radius 1 is 1.44 bits per heavy atom. The summed E-state index contributed by atoms with van der Waals surface area (Å²) in [7, 11) is 0. The van der Waals surface area contributed by atoms with Gasteiger partial charge in [-0.25, -0.2) is 4.79 Å². The highest BCUT2D eigenvalue weighted by Crippen LogP contribution is 2.54. The van der Waals surface area contributed by atoms with Crippen molar-refractivity contribution in [2.24, 2.45) is 17.3 Å². The molecular formula is C15H22O3. The molecule has 0 radical (unpaired) electrons. The SMILES string of the molecule is C=C(C(=O)O)C1CCC2(C)CCCC(=C)C2C1O. The van der Waals surface area contributed by atoms with Gasteiger partial charge in [0, 0.05) is 17.4 Å². The lowest BCUT2D eigenvalue weighted by Crippen LogP contribution is -2.48. The number of hydrogen-bond acceptors (Lipinski definition) is 2. The van der Waals surface area contributed by atoms with Gasteiger partial charge in [-0.15, -0.1) is 0 Å². The van der Waals surface area contributed by atoms with Crippen LogP contribution in [0, 0.1) is 17.3 Å². The van der Waals surface area contributed by atoms with Gasteiger partial charge in [-0.3, -0.25) is 0 Å². The topological polar surface area (TPSA) is 57.5 Å². The van der Waals surface area contributed by atoms with Crippen molar-refractivity contribution in [2.75, 3.05) is 0 Å². The van der Waals surface area contributed by atoms with Gasteiger partial charge in [0.15, 0.2) is 0 Å². The standard InChI is InChI=1S/C15H22O3/c1-9-5-4-7-15(3)8-6-11(10(2)14(17)18)13(16)12(9)15/h11-13,16H,1-2,4-8H2,3H3,(H,17,18). The summed E-state index contributed by atoms with van der Waals surface area (Å²) in [6, 6.07) is 0. The first-order chi connectivity index (χ1) is 8.37. The molecular weight excluding hydrogens is 228 g/mol. The molecule has 100 valence electrons. The van der Waals surface area contributed by atoms with Gasteiger partial charge in [0.1, 0.15) is 0 Å². The van der Waals surface area contributed by atoms with E-state index < -0.39 is 12.1 Å². The molecule has 0 heterocycles. The van der Waals surface area contributed by atoms with Crippen LogP contribution < -0.4 is 0 Å². The maximum atomic E-state index is 11.0. The first kappa shape index (κ1) is 13.3. The summed E-state index contributed by atoms with van der Waals surface area (Å²) < 4.78 is 0. The van der Waals surface area contributed by atoms with Crippen LogP contribution in [0.1, 0.15) is 39.0 Å². The minimum Gasteiger partial charge on any atom is -0.478 e. The van der Waals surface area contributed by atoms with Crippen LogP contribution in [-0.2, 0) is 4.79 Å². The highest BCUT2D eigenvalue weighted by atomic mass is 16.4. The molecule has 0 aromatic carbocycles. The Kier molecular flexibility index (Phi) is 3.37. The molecule has 2 saturated carbocycles. The number of aliphatic hydroxyl groups excluding tert-OH is 1. The number of hydrogen-bond donors (Lipinski definition) is 2. The second-order valence-electron chi connectivity index (χ2n) is 6.11. The number of aliphatic carboxylic acids is 1. The number of carbonyl (C=O) groups is 1. The minimum absolute atomic E-state index is 0.0288. The molecule has 0 aromatic rings. The maximum Gasteiger partial charge on any atom is 0.331 e. The van der Waals surface area contributed by atoms with E-state index in [0.29, 0.717) is 6.42 Å². The van der Waals surface area contributed by atoms with Gasteiger partial charge in [-0.05, 0) is 37.5 Å². The van der Waals surface area contributed by atoms with Crippen LogP contribution in [0.3, 0.4) is 0 Å². The zero-order valence-electron chi connectivity index (χ0n) is 11.0. The van der Waals surface area contributed by atoms with Gasteiger partial charge in [0.2, 0.25) is 0 Å². The van der Waals surface area contributed by atoms with Crippen molar-refractivity contribution < 1.29 is 15.0 Å². The molecule has 2 rings (SSSR count). The average molecular weight is 250 g/mol. The third kappa shape index (κ3) is 2.01. The van der Waals surface area contributed by atoms with Gasteiger partial charge in [0.25, 0.3) is 0 Å². The summed E-state index contributed by atoms with van der Waals surface area (Å²) >= 11 is 0. The van der Waals surface area contributed by atoms with Gasteiger partial charge in [-0.1, -0.05) is 25.7 Å². The van der Waals surface area contributed by atoms with E-state index in [4.69, 9.17) is 5.11 Å². The predicted molar refractivity (Wildman–Crippen MR) is 70.1 cm³/mol. The molecule has 0 saturated heterocycles. The molecule has 2 N–H and O–H groups in total. The summed E-state index contributed by atoms with van der Waals surface area (Å²) in [6.07, 6.45) is 4.20. The lowest BCUT2D eigenvalue weighted by Gasteiger charge is -2.51. The number of fused-ring (bicyclic) bond motifs is 1. The fourth-order valence-electron chi connectivity index (χ4n) is 3.88. The zero-order valence-corrected chi connectivity index (χ0v) is 11.0. The van der Waals surface area contributed by atoms with E-state index in [1.165, 1.54) is 0 Å². The minimum atomic E-state index is -0.996. The number of rotatable bonds is 2. The molecule has 4 unspecified atom stereocenters. The van der Waals surface area contributed by atoms with E-state index in [9.17, 15) is 9.90 Å². The molecule has 2 fully saturated rings. The summed E-state index contributed by atoms with van der Waals surface area (Å²) in [6.45, 7) is 9.92. The van der Waals surface area contributed by atoms with Crippen molar-refractivity contribution >= 4 is 5.97 Å². The monoisotopic (exact) mass is 250 g/mol. The van der Waals surface area contributed by atoms with E-state index in [-0.39, 0.29) is 22.8 Å². The Hall–Kier alpha value is -1.09. The van der Waals surface area contributed by atoms with Gasteiger partial charge >= 0.3 is 5.97 Å². The molecule has 2 aliphatic rings. The van der Waals surface area contributed by atoms with Crippen LogP contribution in [0.5, 0.6) is 0 Å². The highest BCUT2D eigenvalue weighted by Gasteiger charge is 2.49. The summed E-state index contributed by atoms with van der Waals surface area (Å²) in [5, 5.41) is 19.6. The quantitative estimate of drug-likeness (QED) is 0.585. The molecule has 3 heteroatoms. The molecule has 2 aliphatic carbocycles. The van der Waals surface area contributed by atoms with Crippen molar-refractivity contribution in [1.29, 1.82) is 0 Å². The van der Waals surface area contributed by atoms with E-state index >= 15 is 0 Å². The summed E-state index contributed by atoms with van der Waals surface area (Å²) in [4.78, 5) is 11.0. The van der Waals surface area contributed by atoms with Crippen molar-refractivity contribution in [3.05, 3.63) is 24.3 Å². The zero-order chi connectivity index (χ0) is 13.5. The van der Waals surface area contributed by atoms with E-state index in [1.807, 2.05) is 0 Å². The Balaban J connectivity index is 2.26. The Labute approximate surface area is 108 Å². The number of aliphatic hydroxyl groups is 1. The largest absolute Gasteiger partial charge is 0.478 e. The molecule has 0 aromatic heterocycles. The first-order valence-electron chi connectivity index (χ1n) is 6.64. The highest BCUT2D eigenvalue weighted by molar-refractivity contribution is 5.86. The van der Waals surface area contributed by atoms with E-state index in [0.717, 1.165) is 31.3 Å². The second-order valence-corrected chi connectivity index (χ2v) is 6.11. The molecule has 4 atom stereocenters. The van der Waals surface area contributed by atoms with Crippen LogP contribution in [0.4, 0.5) is 0 Å². The molecule has 0 spiro atoms. The van der Waals surface area contributed by atoms with Gasteiger partial charge in [0.05, 0.1) is 6.10 Å². The van der Waals surface area contributed by atoms with Crippen molar-refractivity contribution in [1.82, 2.24) is 0 Å². The summed E-state index contributed by atoms with van der Waals surface area (Å²) in [5.74, 6) is -1.29. The van der Waals surface area contributed by atoms with Crippen molar-refractivity contribution in [2.45, 2.75) is 45.1 Å². The van der Waals surface area contributed by atoms with Crippen LogP contribution in [0.25, 0.3) is 0 Å². The lowest BCUT2D eigenvalue weighted by molar-refractivity contribution is -0.135. The third-order valence-electron chi connectivity index (χ3n) is 4.94. The lowest BCUT2D eigenvalue weighted by atomic mass is 9.55. The van der Waals surface area contributed by atoms with E-state index in [2.05, 4.69) is 20.1 Å². The Morgan fingerprint density at radius 3 is 2.72 bits per heavy atom. The van der Waals surface area contributed by atoms with Crippen LogP contribution in [0.2, 0.25) is 0 Å². The molecule has 18 heavy (non-hydrogen) atoms. The smallest absolute Gasteiger partial charge is 0.331 e. The fourth-order valence-corrected chi connectivity index (χ4v) is 3.88. The predicted octanol–water partition coefficient (Wildman–Crippen LogP) is 2.76. The summed E-state index contributed by atoms with van der Waals surface area (Å²) in [5.41, 5.74) is 1.31. The van der Waals surface area contributed by atoms with Gasteiger partial charge < -0.3 is 10.2 Å². The van der Waals surface area contributed by atoms with E-state index in [1.54, 1.807) is 0 Å². The van der Waals surface area contributed by atoms with Crippen LogP contribution >= 0.6 is 0 Å². The van der Waals surface area contributed by atoms with Crippen LogP contribution in [0.15, 0.2) is 24.3 Å². The molecule has 0 aliphatic heterocycles. The van der Waals surface area contributed by atoms with Crippen molar-refractivity contribution in [3.8, 4) is 0 Å². The molecule has 3 nitrogen and oxygen atoms in total. The van der Waals surface area contributed by atoms with Crippen molar-refractivity contribution in [3.63, 3.8) is 0 Å². The average Bonchev–Trinajstić information content (AvgIpc) is 2.27. The second kappa shape index (κ2) is 4.54. The fraction of sp³-hybridized carbons (Fsp3) is 0.667. The Morgan fingerprint density at radius 2 is 2.11 bits per heavy atom. The number of carboxylic acid groups (broad SMARTS) is 1. The maximum absolute atomic E-state index is 11.0. The Bertz CT molecular complexity index is 399. The molecule has 0 bridgehead atoms. The molecule has 0 amide bonds. The third-order valence-corrected chi connectivity index (χ3v) is 4.94. The van der Waals surface area contributed by atoms with Crippen LogP contribution in [-0.4, -0.2) is 22.3 Å².